The Hall–Kier alpha value is -0.570. The Morgan fingerprint density at radius 3 is 2.75 bits per heavy atom. The summed E-state index contributed by atoms with van der Waals surface area (Å²) in [6, 6.07) is 0.558. The third-order valence-corrected chi connectivity index (χ3v) is 2.64. The lowest BCUT2D eigenvalue weighted by atomic mass is 10.1. The standard InChI is InChI=1S/C9H15NO2/c11-7-10(9-1-2-9)5-8-3-4-12-6-8/h7-9H,1-6H2. The number of rotatable bonds is 4. The maximum absolute atomic E-state index is 10.7. The molecule has 1 unspecified atom stereocenters. The van der Waals surface area contributed by atoms with Crippen molar-refractivity contribution >= 4 is 6.41 Å². The van der Waals surface area contributed by atoms with Gasteiger partial charge in [0.05, 0.1) is 6.61 Å². The molecule has 0 spiro atoms. The van der Waals surface area contributed by atoms with Crippen molar-refractivity contribution in [3.8, 4) is 0 Å². The topological polar surface area (TPSA) is 29.5 Å². The van der Waals surface area contributed by atoms with Gasteiger partial charge < -0.3 is 9.64 Å². The molecule has 1 heterocycles. The fourth-order valence-electron chi connectivity index (χ4n) is 1.71. The van der Waals surface area contributed by atoms with Gasteiger partial charge in [-0.25, -0.2) is 0 Å². The lowest BCUT2D eigenvalue weighted by Crippen LogP contribution is -2.30. The van der Waals surface area contributed by atoms with Gasteiger partial charge in [-0.3, -0.25) is 4.79 Å². The van der Waals surface area contributed by atoms with Gasteiger partial charge >= 0.3 is 0 Å². The first-order chi connectivity index (χ1) is 5.90. The van der Waals surface area contributed by atoms with Gasteiger partial charge in [-0.2, -0.15) is 0 Å². The minimum atomic E-state index is 0.558. The van der Waals surface area contributed by atoms with Crippen LogP contribution in [-0.4, -0.2) is 37.1 Å². The summed E-state index contributed by atoms with van der Waals surface area (Å²) in [4.78, 5) is 12.6. The highest BCUT2D eigenvalue weighted by atomic mass is 16.5. The molecule has 0 aromatic rings. The fraction of sp³-hybridized carbons (Fsp3) is 0.889. The van der Waals surface area contributed by atoms with Crippen molar-refractivity contribution in [1.29, 1.82) is 0 Å². The lowest BCUT2D eigenvalue weighted by Gasteiger charge is -2.19. The highest BCUT2D eigenvalue weighted by Crippen LogP contribution is 2.27. The summed E-state index contributed by atoms with van der Waals surface area (Å²) >= 11 is 0. The van der Waals surface area contributed by atoms with Gasteiger partial charge in [0.2, 0.25) is 6.41 Å². The maximum Gasteiger partial charge on any atom is 0.209 e. The van der Waals surface area contributed by atoms with E-state index in [0.717, 1.165) is 32.6 Å². The van der Waals surface area contributed by atoms with E-state index in [1.54, 1.807) is 0 Å². The molecule has 68 valence electrons. The third kappa shape index (κ3) is 1.78. The zero-order valence-electron chi connectivity index (χ0n) is 7.24. The molecule has 0 aromatic carbocycles. The predicted molar refractivity (Wildman–Crippen MR) is 44.7 cm³/mol. The Kier molecular flexibility index (Phi) is 2.30. The number of hydrogen-bond donors (Lipinski definition) is 0. The molecule has 3 nitrogen and oxygen atoms in total. The monoisotopic (exact) mass is 169 g/mol. The van der Waals surface area contributed by atoms with Crippen LogP contribution in [0.4, 0.5) is 0 Å². The molecular weight excluding hydrogens is 154 g/mol. The molecule has 1 aliphatic carbocycles. The molecule has 2 aliphatic rings. The Balaban J connectivity index is 1.78. The zero-order valence-corrected chi connectivity index (χ0v) is 7.24. The molecule has 1 saturated heterocycles. The van der Waals surface area contributed by atoms with E-state index in [4.69, 9.17) is 4.74 Å². The van der Waals surface area contributed by atoms with Crippen molar-refractivity contribution in [1.82, 2.24) is 4.90 Å². The van der Waals surface area contributed by atoms with Crippen molar-refractivity contribution in [2.45, 2.75) is 25.3 Å². The molecule has 0 aromatic heterocycles. The number of hydrogen-bond acceptors (Lipinski definition) is 2. The van der Waals surface area contributed by atoms with Gasteiger partial charge in [-0.05, 0) is 19.3 Å². The van der Waals surface area contributed by atoms with Crippen LogP contribution in [0.25, 0.3) is 0 Å². The Bertz CT molecular complexity index is 162. The SMILES string of the molecule is O=CN(CC1CCOC1)C1CC1. The molecule has 0 bridgehead atoms. The molecule has 12 heavy (non-hydrogen) atoms. The van der Waals surface area contributed by atoms with E-state index in [9.17, 15) is 4.79 Å². The van der Waals surface area contributed by atoms with Crippen LogP contribution in [0, 0.1) is 5.92 Å². The number of ether oxygens (including phenoxy) is 1. The minimum absolute atomic E-state index is 0.558. The summed E-state index contributed by atoms with van der Waals surface area (Å²) in [5.74, 6) is 0.593. The van der Waals surface area contributed by atoms with Gasteiger partial charge in [0, 0.05) is 25.1 Å². The van der Waals surface area contributed by atoms with E-state index >= 15 is 0 Å². The van der Waals surface area contributed by atoms with E-state index in [1.807, 2.05) is 4.90 Å². The van der Waals surface area contributed by atoms with Crippen molar-refractivity contribution < 1.29 is 9.53 Å². The minimum Gasteiger partial charge on any atom is -0.381 e. The van der Waals surface area contributed by atoms with Crippen molar-refractivity contribution in [2.24, 2.45) is 5.92 Å². The molecule has 3 heteroatoms. The molecule has 1 amide bonds. The highest BCUT2D eigenvalue weighted by Gasteiger charge is 2.30. The van der Waals surface area contributed by atoms with Crippen LogP contribution in [0.5, 0.6) is 0 Å². The summed E-state index contributed by atoms with van der Waals surface area (Å²) in [6.45, 7) is 2.63. The maximum atomic E-state index is 10.7. The van der Waals surface area contributed by atoms with Gasteiger partial charge in [-0.15, -0.1) is 0 Å². The number of nitrogens with zero attached hydrogens (tertiary/aromatic N) is 1. The summed E-state index contributed by atoms with van der Waals surface area (Å²) in [5.41, 5.74) is 0. The summed E-state index contributed by atoms with van der Waals surface area (Å²) < 4.78 is 5.26. The lowest BCUT2D eigenvalue weighted by molar-refractivity contribution is -0.119. The van der Waals surface area contributed by atoms with E-state index in [1.165, 1.54) is 12.8 Å². The van der Waals surface area contributed by atoms with Crippen LogP contribution >= 0.6 is 0 Å². The number of amides is 1. The Morgan fingerprint density at radius 2 is 2.25 bits per heavy atom. The van der Waals surface area contributed by atoms with E-state index in [-0.39, 0.29) is 0 Å². The van der Waals surface area contributed by atoms with Gasteiger partial charge in [0.15, 0.2) is 0 Å². The quantitative estimate of drug-likeness (QED) is 0.578. The predicted octanol–water partition coefficient (Wildman–Crippen LogP) is 0.644. The first-order valence-electron chi connectivity index (χ1n) is 4.69. The Labute approximate surface area is 72.7 Å². The second-order valence-electron chi connectivity index (χ2n) is 3.76. The Morgan fingerprint density at radius 1 is 1.42 bits per heavy atom. The normalized spacial score (nSPS) is 28.8. The van der Waals surface area contributed by atoms with Gasteiger partial charge in [-0.1, -0.05) is 0 Å². The second kappa shape index (κ2) is 3.44. The van der Waals surface area contributed by atoms with E-state index in [0.29, 0.717) is 12.0 Å². The molecule has 0 radical (unpaired) electrons. The molecule has 1 atom stereocenters. The summed E-state index contributed by atoms with van der Waals surface area (Å²) in [7, 11) is 0. The molecular formula is C9H15NO2. The van der Waals surface area contributed by atoms with Crippen molar-refractivity contribution in [3.63, 3.8) is 0 Å². The number of carbonyl (C=O) groups excluding carboxylic acids is 1. The van der Waals surface area contributed by atoms with E-state index < -0.39 is 0 Å². The van der Waals surface area contributed by atoms with Crippen molar-refractivity contribution in [3.05, 3.63) is 0 Å². The third-order valence-electron chi connectivity index (χ3n) is 2.64. The molecule has 2 fully saturated rings. The number of carbonyl (C=O) groups is 1. The fourth-order valence-corrected chi connectivity index (χ4v) is 1.71. The highest BCUT2D eigenvalue weighted by molar-refractivity contribution is 5.48. The van der Waals surface area contributed by atoms with Crippen LogP contribution < -0.4 is 0 Å². The molecule has 1 aliphatic heterocycles. The van der Waals surface area contributed by atoms with Crippen LogP contribution in [0.15, 0.2) is 0 Å². The van der Waals surface area contributed by atoms with Crippen molar-refractivity contribution in [2.75, 3.05) is 19.8 Å². The zero-order chi connectivity index (χ0) is 8.39. The largest absolute Gasteiger partial charge is 0.381 e. The average Bonchev–Trinajstić information content (AvgIpc) is 2.80. The summed E-state index contributed by atoms with van der Waals surface area (Å²) in [6.07, 6.45) is 4.52. The average molecular weight is 169 g/mol. The van der Waals surface area contributed by atoms with Crippen LogP contribution in [-0.2, 0) is 9.53 Å². The molecule has 1 saturated carbocycles. The van der Waals surface area contributed by atoms with Crippen LogP contribution in [0.3, 0.4) is 0 Å². The van der Waals surface area contributed by atoms with Gasteiger partial charge in [0.25, 0.3) is 0 Å². The smallest absolute Gasteiger partial charge is 0.209 e. The molecule has 0 N–H and O–H groups in total. The van der Waals surface area contributed by atoms with Crippen LogP contribution in [0.1, 0.15) is 19.3 Å². The van der Waals surface area contributed by atoms with Gasteiger partial charge in [0.1, 0.15) is 0 Å². The second-order valence-corrected chi connectivity index (χ2v) is 3.76. The first kappa shape index (κ1) is 8.05. The van der Waals surface area contributed by atoms with E-state index in [2.05, 4.69) is 0 Å². The first-order valence-corrected chi connectivity index (χ1v) is 4.69. The van der Waals surface area contributed by atoms with Crippen LogP contribution in [0.2, 0.25) is 0 Å². The molecule has 2 rings (SSSR count). The summed E-state index contributed by atoms with van der Waals surface area (Å²) in [5, 5.41) is 0.